The lowest BCUT2D eigenvalue weighted by molar-refractivity contribution is -0.138. The lowest BCUT2D eigenvalue weighted by Gasteiger charge is -2.12. The van der Waals surface area contributed by atoms with Gasteiger partial charge in [-0.2, -0.15) is 0 Å². The quantitative estimate of drug-likeness (QED) is 0.530. The number of carbonyl (C=O) groups excluding carboxylic acids is 1. The molecule has 0 amide bonds. The minimum Gasteiger partial charge on any atom is -0.493 e. The molecule has 0 fully saturated rings. The second-order valence-corrected chi connectivity index (χ2v) is 5.51. The first kappa shape index (κ1) is 19.6. The first-order valence-electron chi connectivity index (χ1n) is 7.57. The van der Waals surface area contributed by atoms with Crippen molar-refractivity contribution in [1.29, 1.82) is 0 Å². The van der Waals surface area contributed by atoms with E-state index in [1.165, 1.54) is 51.7 Å². The molecule has 0 aliphatic rings. The Kier molecular flexibility index (Phi) is 6.86. The summed E-state index contributed by atoms with van der Waals surface area (Å²) < 4.78 is 34.4. The fraction of sp³-hybridized carbons (Fsp3) is 0.211. The van der Waals surface area contributed by atoms with Gasteiger partial charge in [0.25, 0.3) is 0 Å². The molecule has 7 heteroatoms. The van der Waals surface area contributed by atoms with Crippen molar-refractivity contribution in [3.8, 4) is 17.2 Å². The van der Waals surface area contributed by atoms with Crippen molar-refractivity contribution in [2.24, 2.45) is 0 Å². The number of rotatable bonds is 7. The molecule has 0 aliphatic heterocycles. The van der Waals surface area contributed by atoms with Gasteiger partial charge in [-0.05, 0) is 35.9 Å². The molecule has 0 radical (unpaired) electrons. The van der Waals surface area contributed by atoms with E-state index in [0.29, 0.717) is 22.8 Å². The van der Waals surface area contributed by atoms with Crippen LogP contribution in [0.25, 0.3) is 6.08 Å². The third kappa shape index (κ3) is 4.67. The predicted molar refractivity (Wildman–Crippen MR) is 96.3 cm³/mol. The van der Waals surface area contributed by atoms with Gasteiger partial charge in [0.2, 0.25) is 5.75 Å². The molecule has 138 valence electrons. The normalized spacial score (nSPS) is 10.7. The minimum atomic E-state index is -0.641. The highest BCUT2D eigenvalue weighted by Crippen LogP contribution is 2.38. The van der Waals surface area contributed by atoms with Gasteiger partial charge in [0.15, 0.2) is 11.5 Å². The first-order chi connectivity index (χ1) is 12.5. The van der Waals surface area contributed by atoms with E-state index in [4.69, 9.17) is 30.5 Å². The summed E-state index contributed by atoms with van der Waals surface area (Å²) in [6, 6.07) is 7.62. The summed E-state index contributed by atoms with van der Waals surface area (Å²) in [5.74, 6) is 0.192. The van der Waals surface area contributed by atoms with Crippen molar-refractivity contribution in [3.63, 3.8) is 0 Å². The Hall–Kier alpha value is -2.73. The van der Waals surface area contributed by atoms with Crippen molar-refractivity contribution < 1.29 is 28.1 Å². The van der Waals surface area contributed by atoms with Gasteiger partial charge >= 0.3 is 5.97 Å². The Balaban J connectivity index is 2.10. The van der Waals surface area contributed by atoms with Gasteiger partial charge in [0.05, 0.1) is 26.4 Å². The van der Waals surface area contributed by atoms with Crippen molar-refractivity contribution in [1.82, 2.24) is 0 Å². The van der Waals surface area contributed by atoms with Crippen LogP contribution in [0.1, 0.15) is 11.1 Å². The van der Waals surface area contributed by atoms with Crippen LogP contribution < -0.4 is 14.2 Å². The average Bonchev–Trinajstić information content (AvgIpc) is 2.64. The van der Waals surface area contributed by atoms with Crippen LogP contribution in [0.4, 0.5) is 4.39 Å². The fourth-order valence-corrected chi connectivity index (χ4v) is 2.44. The zero-order valence-corrected chi connectivity index (χ0v) is 15.3. The second-order valence-electron chi connectivity index (χ2n) is 5.10. The number of hydrogen-bond acceptors (Lipinski definition) is 5. The van der Waals surface area contributed by atoms with Crippen LogP contribution >= 0.6 is 11.6 Å². The number of carbonyl (C=O) groups is 1. The van der Waals surface area contributed by atoms with Gasteiger partial charge in [-0.25, -0.2) is 9.18 Å². The monoisotopic (exact) mass is 380 g/mol. The molecule has 2 aromatic carbocycles. The molecule has 0 unspecified atom stereocenters. The highest BCUT2D eigenvalue weighted by Gasteiger charge is 2.13. The molecular weight excluding hydrogens is 363 g/mol. The number of hydrogen-bond donors (Lipinski definition) is 0. The SMILES string of the molecule is COc1cc(/C=C/C(=O)OCc2c(F)cccc2Cl)cc(OC)c1OC. The van der Waals surface area contributed by atoms with E-state index < -0.39 is 11.8 Å². The van der Waals surface area contributed by atoms with Crippen molar-refractivity contribution in [2.45, 2.75) is 6.61 Å². The van der Waals surface area contributed by atoms with Gasteiger partial charge in [-0.15, -0.1) is 0 Å². The molecule has 2 rings (SSSR count). The Morgan fingerprint density at radius 1 is 1.12 bits per heavy atom. The molecule has 2 aromatic rings. The molecule has 0 aliphatic carbocycles. The molecule has 5 nitrogen and oxygen atoms in total. The summed E-state index contributed by atoms with van der Waals surface area (Å²) in [6.07, 6.45) is 2.74. The topological polar surface area (TPSA) is 54.0 Å². The van der Waals surface area contributed by atoms with E-state index in [2.05, 4.69) is 0 Å². The largest absolute Gasteiger partial charge is 0.493 e. The van der Waals surface area contributed by atoms with Crippen molar-refractivity contribution in [3.05, 3.63) is 58.4 Å². The molecule has 0 heterocycles. The third-order valence-corrected chi connectivity index (χ3v) is 3.87. The zero-order chi connectivity index (χ0) is 19.1. The van der Waals surface area contributed by atoms with Gasteiger partial charge in [0.1, 0.15) is 12.4 Å². The summed E-state index contributed by atoms with van der Waals surface area (Å²) >= 11 is 5.89. The van der Waals surface area contributed by atoms with Crippen LogP contribution in [0.15, 0.2) is 36.4 Å². The summed E-state index contributed by atoms with van der Waals surface area (Å²) in [4.78, 5) is 11.9. The van der Waals surface area contributed by atoms with Crippen LogP contribution in [0.2, 0.25) is 5.02 Å². The van der Waals surface area contributed by atoms with Crippen LogP contribution in [-0.2, 0) is 16.1 Å². The molecule has 0 aromatic heterocycles. The maximum atomic E-state index is 13.7. The van der Waals surface area contributed by atoms with Crippen LogP contribution in [0.3, 0.4) is 0 Å². The van der Waals surface area contributed by atoms with E-state index in [-0.39, 0.29) is 17.2 Å². The Morgan fingerprint density at radius 2 is 1.77 bits per heavy atom. The van der Waals surface area contributed by atoms with Gasteiger partial charge in [0, 0.05) is 11.6 Å². The number of methoxy groups -OCH3 is 3. The average molecular weight is 381 g/mol. The van der Waals surface area contributed by atoms with E-state index in [1.54, 1.807) is 12.1 Å². The fourth-order valence-electron chi connectivity index (χ4n) is 2.22. The highest BCUT2D eigenvalue weighted by molar-refractivity contribution is 6.31. The van der Waals surface area contributed by atoms with E-state index in [9.17, 15) is 9.18 Å². The van der Waals surface area contributed by atoms with Crippen LogP contribution in [0.5, 0.6) is 17.2 Å². The first-order valence-corrected chi connectivity index (χ1v) is 7.95. The van der Waals surface area contributed by atoms with E-state index >= 15 is 0 Å². The molecule has 0 atom stereocenters. The van der Waals surface area contributed by atoms with E-state index in [1.807, 2.05) is 0 Å². The second kappa shape index (κ2) is 9.10. The molecule has 0 N–H and O–H groups in total. The molecule has 0 spiro atoms. The third-order valence-electron chi connectivity index (χ3n) is 3.52. The molecule has 26 heavy (non-hydrogen) atoms. The van der Waals surface area contributed by atoms with E-state index in [0.717, 1.165) is 0 Å². The Morgan fingerprint density at radius 3 is 2.31 bits per heavy atom. The number of benzene rings is 2. The number of esters is 1. The van der Waals surface area contributed by atoms with Crippen molar-refractivity contribution >= 4 is 23.6 Å². The molecule has 0 saturated carbocycles. The standard InChI is InChI=1S/C19H18ClFO5/c1-23-16-9-12(10-17(24-2)19(16)25-3)7-8-18(22)26-11-13-14(20)5-4-6-15(13)21/h4-10H,11H2,1-3H3/b8-7+. The summed E-state index contributed by atoms with van der Waals surface area (Å²) in [5, 5.41) is 0.200. The Bertz CT molecular complexity index is 774. The maximum absolute atomic E-state index is 13.7. The summed E-state index contributed by atoms with van der Waals surface area (Å²) in [6.45, 7) is -0.260. The number of ether oxygens (including phenoxy) is 4. The minimum absolute atomic E-state index is 0.128. The molecule has 0 saturated heterocycles. The van der Waals surface area contributed by atoms with Gasteiger partial charge < -0.3 is 18.9 Å². The smallest absolute Gasteiger partial charge is 0.331 e. The lowest BCUT2D eigenvalue weighted by Crippen LogP contribution is -2.03. The lowest BCUT2D eigenvalue weighted by atomic mass is 10.1. The van der Waals surface area contributed by atoms with Gasteiger partial charge in [-0.3, -0.25) is 0 Å². The highest BCUT2D eigenvalue weighted by atomic mass is 35.5. The Labute approximate surface area is 155 Å². The maximum Gasteiger partial charge on any atom is 0.331 e. The summed E-state index contributed by atoms with van der Waals surface area (Å²) in [5.41, 5.74) is 0.768. The molecular formula is C19H18ClFO5. The van der Waals surface area contributed by atoms with Crippen molar-refractivity contribution in [2.75, 3.05) is 21.3 Å². The van der Waals surface area contributed by atoms with Gasteiger partial charge in [-0.1, -0.05) is 17.7 Å². The number of halogens is 2. The molecule has 0 bridgehead atoms. The van der Waals surface area contributed by atoms with Crippen LogP contribution in [0, 0.1) is 5.82 Å². The van der Waals surface area contributed by atoms with Crippen LogP contribution in [-0.4, -0.2) is 27.3 Å². The zero-order valence-electron chi connectivity index (χ0n) is 14.5. The predicted octanol–water partition coefficient (Wildman–Crippen LogP) is 4.26. The summed E-state index contributed by atoms with van der Waals surface area (Å²) in [7, 11) is 4.50.